The highest BCUT2D eigenvalue weighted by atomic mass is 35.5. The maximum absolute atomic E-state index is 9.00. The van der Waals surface area contributed by atoms with Gasteiger partial charge in [-0.25, -0.2) is 9.97 Å². The molecule has 1 aromatic rings. The number of nitrogens with zero attached hydrogens (tertiary/aromatic N) is 2. The van der Waals surface area contributed by atoms with Crippen LogP contribution in [0.4, 0.5) is 11.5 Å². The van der Waals surface area contributed by atoms with Gasteiger partial charge in [0, 0.05) is 18.6 Å². The average molecular weight is 241 g/mol. The van der Waals surface area contributed by atoms with Gasteiger partial charge in [-0.15, -0.1) is 0 Å². The van der Waals surface area contributed by atoms with E-state index in [0.717, 1.165) is 6.42 Å². The minimum absolute atomic E-state index is 0.130. The summed E-state index contributed by atoms with van der Waals surface area (Å²) >= 11 is 5.78. The van der Waals surface area contributed by atoms with Crippen LogP contribution in [0.2, 0.25) is 5.15 Å². The molecule has 1 aromatic heterocycles. The van der Waals surface area contributed by atoms with Crippen LogP contribution >= 0.6 is 11.6 Å². The third kappa shape index (κ3) is 2.25. The predicted molar refractivity (Wildman–Crippen MR) is 63.2 cm³/mol. The fourth-order valence-corrected chi connectivity index (χ4v) is 1.81. The second kappa shape index (κ2) is 4.67. The summed E-state index contributed by atoms with van der Waals surface area (Å²) in [7, 11) is 0. The fraction of sp³-hybridized carbons (Fsp3) is 0.400. The minimum Gasteiger partial charge on any atom is -0.396 e. The molecule has 0 saturated heterocycles. The predicted octanol–water partition coefficient (Wildman–Crippen LogP) is 1.06. The highest BCUT2D eigenvalue weighted by Crippen LogP contribution is 2.26. The zero-order valence-electron chi connectivity index (χ0n) is 8.60. The molecule has 0 spiro atoms. The molecule has 0 saturated carbocycles. The van der Waals surface area contributed by atoms with Gasteiger partial charge in [0.05, 0.1) is 0 Å². The molecule has 4 N–H and O–H groups in total. The molecule has 16 heavy (non-hydrogen) atoms. The summed E-state index contributed by atoms with van der Waals surface area (Å²) < 4.78 is 0. The van der Waals surface area contributed by atoms with Crippen molar-refractivity contribution in [3.05, 3.63) is 23.6 Å². The standard InChI is InChI=1S/C10H13ClN4O/c11-9-8(12)10(14-5-13-9)15-7-2-1-6(3-7)4-16/h1-2,5-7,16H,3-4,12H2,(H,13,14,15)/t6-,7?/m0/s1. The van der Waals surface area contributed by atoms with Gasteiger partial charge < -0.3 is 16.2 Å². The van der Waals surface area contributed by atoms with Gasteiger partial charge in [0.25, 0.3) is 0 Å². The third-order valence-electron chi connectivity index (χ3n) is 2.56. The van der Waals surface area contributed by atoms with Gasteiger partial charge in [-0.3, -0.25) is 0 Å². The Bertz CT molecular complexity index is 410. The second-order valence-electron chi connectivity index (χ2n) is 3.74. The molecule has 1 unspecified atom stereocenters. The van der Waals surface area contributed by atoms with Crippen molar-refractivity contribution in [1.82, 2.24) is 9.97 Å². The lowest BCUT2D eigenvalue weighted by molar-refractivity contribution is 0.250. The van der Waals surface area contributed by atoms with E-state index in [2.05, 4.69) is 15.3 Å². The van der Waals surface area contributed by atoms with E-state index >= 15 is 0 Å². The SMILES string of the molecule is Nc1c(Cl)ncnc1NC1C=C[C@H](CO)C1. The van der Waals surface area contributed by atoms with Crippen LogP contribution in [0.15, 0.2) is 18.5 Å². The molecule has 1 heterocycles. The maximum Gasteiger partial charge on any atom is 0.157 e. The Morgan fingerprint density at radius 3 is 3.00 bits per heavy atom. The Labute approximate surface area is 98.4 Å². The van der Waals surface area contributed by atoms with Crippen molar-refractivity contribution in [3.63, 3.8) is 0 Å². The molecule has 2 rings (SSSR count). The Hall–Kier alpha value is -1.33. The van der Waals surface area contributed by atoms with E-state index in [1.807, 2.05) is 12.2 Å². The molecule has 0 aliphatic heterocycles. The summed E-state index contributed by atoms with van der Waals surface area (Å²) in [6.07, 6.45) is 6.17. The lowest BCUT2D eigenvalue weighted by Gasteiger charge is -2.14. The van der Waals surface area contributed by atoms with Gasteiger partial charge >= 0.3 is 0 Å². The van der Waals surface area contributed by atoms with Crippen LogP contribution in [0.25, 0.3) is 0 Å². The van der Waals surface area contributed by atoms with Crippen LogP contribution in [-0.2, 0) is 0 Å². The van der Waals surface area contributed by atoms with Crippen molar-refractivity contribution in [2.45, 2.75) is 12.5 Å². The summed E-state index contributed by atoms with van der Waals surface area (Å²) in [5.41, 5.74) is 6.09. The normalized spacial score (nSPS) is 23.6. The molecule has 86 valence electrons. The molecule has 1 aliphatic carbocycles. The molecule has 0 bridgehead atoms. The first-order valence-corrected chi connectivity index (χ1v) is 5.40. The molecule has 0 aromatic carbocycles. The van der Waals surface area contributed by atoms with Gasteiger partial charge in [0.2, 0.25) is 0 Å². The number of nitrogen functional groups attached to an aromatic ring is 1. The molecule has 0 radical (unpaired) electrons. The number of hydrogen-bond acceptors (Lipinski definition) is 5. The van der Waals surface area contributed by atoms with Crippen LogP contribution in [0.5, 0.6) is 0 Å². The highest BCUT2D eigenvalue weighted by Gasteiger charge is 2.19. The third-order valence-corrected chi connectivity index (χ3v) is 2.87. The van der Waals surface area contributed by atoms with E-state index in [1.165, 1.54) is 6.33 Å². The van der Waals surface area contributed by atoms with Crippen molar-refractivity contribution in [1.29, 1.82) is 0 Å². The topological polar surface area (TPSA) is 84.1 Å². The van der Waals surface area contributed by atoms with E-state index < -0.39 is 0 Å². The van der Waals surface area contributed by atoms with Crippen LogP contribution < -0.4 is 11.1 Å². The molecule has 2 atom stereocenters. The average Bonchev–Trinajstić information content (AvgIpc) is 2.73. The zero-order valence-corrected chi connectivity index (χ0v) is 9.35. The quantitative estimate of drug-likeness (QED) is 0.544. The van der Waals surface area contributed by atoms with Crippen molar-refractivity contribution >= 4 is 23.1 Å². The maximum atomic E-state index is 9.00. The number of aliphatic hydroxyl groups is 1. The Morgan fingerprint density at radius 2 is 2.31 bits per heavy atom. The Kier molecular flexibility index (Phi) is 3.26. The van der Waals surface area contributed by atoms with E-state index in [0.29, 0.717) is 11.5 Å². The van der Waals surface area contributed by atoms with Gasteiger partial charge in [-0.2, -0.15) is 0 Å². The fourth-order valence-electron chi connectivity index (χ4n) is 1.68. The van der Waals surface area contributed by atoms with E-state index in [1.54, 1.807) is 0 Å². The van der Waals surface area contributed by atoms with E-state index in [9.17, 15) is 0 Å². The number of anilines is 2. The van der Waals surface area contributed by atoms with Gasteiger partial charge in [-0.1, -0.05) is 23.8 Å². The molecule has 0 amide bonds. The number of nitrogens with two attached hydrogens (primary N) is 1. The summed E-state index contributed by atoms with van der Waals surface area (Å²) in [6.45, 7) is 0.161. The van der Waals surface area contributed by atoms with E-state index in [-0.39, 0.29) is 23.7 Å². The zero-order chi connectivity index (χ0) is 11.5. The summed E-state index contributed by atoms with van der Waals surface area (Å²) in [6, 6.07) is 0.130. The first-order chi connectivity index (χ1) is 7.70. The van der Waals surface area contributed by atoms with Crippen molar-refractivity contribution < 1.29 is 5.11 Å². The van der Waals surface area contributed by atoms with Crippen LogP contribution in [-0.4, -0.2) is 27.7 Å². The van der Waals surface area contributed by atoms with Crippen LogP contribution in [0.1, 0.15) is 6.42 Å². The highest BCUT2D eigenvalue weighted by molar-refractivity contribution is 6.32. The molecule has 6 heteroatoms. The van der Waals surface area contributed by atoms with Crippen molar-refractivity contribution in [2.24, 2.45) is 5.92 Å². The van der Waals surface area contributed by atoms with Crippen LogP contribution in [0.3, 0.4) is 0 Å². The Balaban J connectivity index is 2.05. The molecular formula is C10H13ClN4O. The number of nitrogens with one attached hydrogen (secondary N) is 1. The largest absolute Gasteiger partial charge is 0.396 e. The van der Waals surface area contributed by atoms with Gasteiger partial charge in [0.1, 0.15) is 12.0 Å². The molecule has 5 nitrogen and oxygen atoms in total. The van der Waals surface area contributed by atoms with E-state index in [4.69, 9.17) is 22.4 Å². The molecular weight excluding hydrogens is 228 g/mol. The smallest absolute Gasteiger partial charge is 0.157 e. The molecule has 0 fully saturated rings. The lowest BCUT2D eigenvalue weighted by Crippen LogP contribution is -2.18. The number of halogens is 1. The number of aromatic nitrogens is 2. The number of aliphatic hydroxyl groups excluding tert-OH is 1. The van der Waals surface area contributed by atoms with Gasteiger partial charge in [0.15, 0.2) is 11.0 Å². The second-order valence-corrected chi connectivity index (χ2v) is 4.10. The monoisotopic (exact) mass is 240 g/mol. The minimum atomic E-state index is 0.130. The van der Waals surface area contributed by atoms with Gasteiger partial charge in [-0.05, 0) is 6.42 Å². The Morgan fingerprint density at radius 1 is 1.50 bits per heavy atom. The molecule has 1 aliphatic rings. The number of rotatable bonds is 3. The summed E-state index contributed by atoms with van der Waals surface area (Å²) in [5, 5.41) is 12.4. The first kappa shape index (κ1) is 11.2. The van der Waals surface area contributed by atoms with Crippen molar-refractivity contribution in [3.8, 4) is 0 Å². The first-order valence-electron chi connectivity index (χ1n) is 5.02. The number of hydrogen-bond donors (Lipinski definition) is 3. The summed E-state index contributed by atoms with van der Waals surface area (Å²) in [5.74, 6) is 0.740. The lowest BCUT2D eigenvalue weighted by atomic mass is 10.1. The summed E-state index contributed by atoms with van der Waals surface area (Å²) in [4.78, 5) is 7.80. The van der Waals surface area contributed by atoms with Crippen LogP contribution in [0, 0.1) is 5.92 Å². The van der Waals surface area contributed by atoms with Crippen molar-refractivity contribution in [2.75, 3.05) is 17.7 Å².